The minimum Gasteiger partial charge on any atom is -0.498 e. The van der Waals surface area contributed by atoms with Gasteiger partial charge >= 0.3 is 6.07 Å². The molecule has 0 fully saturated rings. The van der Waals surface area contributed by atoms with Crippen LogP contribution in [0.4, 0.5) is 0 Å². The topological polar surface area (TPSA) is 27.4 Å². The Kier molecular flexibility index (Phi) is 2.16. The van der Waals surface area contributed by atoms with Gasteiger partial charge in [-0.3, -0.25) is 0 Å². The molecule has 0 N–H and O–H groups in total. The Labute approximate surface area is 98.5 Å². The van der Waals surface area contributed by atoms with E-state index in [1.807, 2.05) is 30.3 Å². The van der Waals surface area contributed by atoms with Gasteiger partial charge in [0.05, 0.1) is 0 Å². The highest BCUT2D eigenvalue weighted by molar-refractivity contribution is 6.00. The molecule has 80 valence electrons. The summed E-state index contributed by atoms with van der Waals surface area (Å²) >= 11 is 0. The Morgan fingerprint density at radius 2 is 1.53 bits per heavy atom. The third kappa shape index (κ3) is 1.58. The molecule has 3 rings (SSSR count). The van der Waals surface area contributed by atoms with Gasteiger partial charge in [-0.05, 0) is 34.4 Å². The van der Waals surface area contributed by atoms with Crippen molar-refractivity contribution in [2.24, 2.45) is 0 Å². The van der Waals surface area contributed by atoms with Crippen molar-refractivity contribution in [2.75, 3.05) is 0 Å². The van der Waals surface area contributed by atoms with E-state index in [-0.39, 0.29) is 0 Å². The third-order valence-corrected chi connectivity index (χ3v) is 2.91. The van der Waals surface area contributed by atoms with Gasteiger partial charge in [0.25, 0.3) is 0 Å². The minimum absolute atomic E-state index is 0.739. The van der Waals surface area contributed by atoms with Crippen molar-refractivity contribution in [3.8, 4) is 6.07 Å². The average molecular weight is 219 g/mol. The Hall–Kier alpha value is -2.53. The van der Waals surface area contributed by atoms with Crippen LogP contribution in [0.2, 0.25) is 0 Å². The highest BCUT2D eigenvalue weighted by Crippen LogP contribution is 2.25. The molecule has 0 aromatic heterocycles. The molecule has 2 heteroatoms. The van der Waals surface area contributed by atoms with Crippen LogP contribution in [0.1, 0.15) is 5.56 Å². The first-order valence-electron chi connectivity index (χ1n) is 5.38. The molecule has 0 spiro atoms. The molecule has 3 aromatic carbocycles. The maximum atomic E-state index is 10.3. The molecule has 0 amide bonds. The monoisotopic (exact) mass is 219 g/mol. The van der Waals surface area contributed by atoms with Crippen LogP contribution < -0.4 is 0 Å². The molecular weight excluding hydrogens is 210 g/mol. The molecular formula is C15H9NO. The predicted octanol–water partition coefficient (Wildman–Crippen LogP) is 4.17. The first-order valence-corrected chi connectivity index (χ1v) is 5.38. The van der Waals surface area contributed by atoms with E-state index in [0.29, 0.717) is 0 Å². The summed E-state index contributed by atoms with van der Waals surface area (Å²) in [5, 5.41) is 17.5. The predicted molar refractivity (Wildman–Crippen MR) is 71.2 cm³/mol. The van der Waals surface area contributed by atoms with E-state index in [2.05, 4.69) is 35.3 Å². The first kappa shape index (κ1) is 9.68. The Bertz CT molecular complexity index is 766. The van der Waals surface area contributed by atoms with E-state index in [4.69, 9.17) is 0 Å². The summed E-state index contributed by atoms with van der Waals surface area (Å²) in [6.45, 7) is 0. The van der Waals surface area contributed by atoms with Gasteiger partial charge < -0.3 is 5.21 Å². The molecule has 0 heterocycles. The summed E-state index contributed by atoms with van der Waals surface area (Å²) in [6, 6.07) is 20.6. The van der Waals surface area contributed by atoms with Gasteiger partial charge in [-0.15, -0.1) is 0 Å². The summed E-state index contributed by atoms with van der Waals surface area (Å²) in [5.41, 5.74) is 0.739. The van der Waals surface area contributed by atoms with Crippen molar-refractivity contribution >= 4 is 21.5 Å². The van der Waals surface area contributed by atoms with E-state index in [1.165, 1.54) is 5.39 Å². The van der Waals surface area contributed by atoms with Gasteiger partial charge in [-0.1, -0.05) is 36.4 Å². The zero-order chi connectivity index (χ0) is 11.7. The second-order valence-corrected chi connectivity index (χ2v) is 3.93. The SMILES string of the molecule is [O-][N+]#Cc1cccc2cc3ccccc3cc12. The zero-order valence-corrected chi connectivity index (χ0v) is 9.05. The van der Waals surface area contributed by atoms with E-state index >= 15 is 0 Å². The molecule has 0 unspecified atom stereocenters. The summed E-state index contributed by atoms with van der Waals surface area (Å²) in [4.78, 5) is 0. The molecule has 0 aliphatic heterocycles. The van der Waals surface area contributed by atoms with Crippen LogP contribution in [0, 0.1) is 11.3 Å². The van der Waals surface area contributed by atoms with Crippen LogP contribution in [-0.2, 0) is 0 Å². The van der Waals surface area contributed by atoms with Crippen molar-refractivity contribution < 1.29 is 0 Å². The van der Waals surface area contributed by atoms with Gasteiger partial charge in [0.2, 0.25) is 0 Å². The minimum atomic E-state index is 0.739. The van der Waals surface area contributed by atoms with Crippen LogP contribution in [0.25, 0.3) is 26.6 Å². The maximum Gasteiger partial charge on any atom is 0.337 e. The summed E-state index contributed by atoms with van der Waals surface area (Å²) in [5.74, 6) is 0. The van der Waals surface area contributed by atoms with Crippen molar-refractivity contribution in [1.29, 1.82) is 0 Å². The number of hydrogen-bond donors (Lipinski definition) is 0. The van der Waals surface area contributed by atoms with E-state index in [9.17, 15) is 5.21 Å². The van der Waals surface area contributed by atoms with Gasteiger partial charge in [-0.25, -0.2) is 0 Å². The zero-order valence-electron chi connectivity index (χ0n) is 9.05. The fourth-order valence-electron chi connectivity index (χ4n) is 2.11. The molecule has 0 bridgehead atoms. The second kappa shape index (κ2) is 3.80. The van der Waals surface area contributed by atoms with Gasteiger partial charge in [0.1, 0.15) is 5.56 Å². The van der Waals surface area contributed by atoms with Crippen molar-refractivity contribution in [1.82, 2.24) is 0 Å². The molecule has 0 aliphatic rings. The van der Waals surface area contributed by atoms with Gasteiger partial charge in [0, 0.05) is 10.4 Å². The molecule has 17 heavy (non-hydrogen) atoms. The molecule has 3 aromatic rings. The number of hydrogen-bond acceptors (Lipinski definition) is 1. The number of rotatable bonds is 0. The molecule has 0 atom stereocenters. The molecule has 0 saturated carbocycles. The largest absolute Gasteiger partial charge is 0.498 e. The van der Waals surface area contributed by atoms with Crippen molar-refractivity contribution in [3.63, 3.8) is 0 Å². The Balaban J connectivity index is 2.46. The molecule has 0 radical (unpaired) electrons. The summed E-state index contributed by atoms with van der Waals surface area (Å²) in [6.07, 6.45) is 0. The lowest BCUT2D eigenvalue weighted by Crippen LogP contribution is -1.80. The van der Waals surface area contributed by atoms with Crippen LogP contribution in [0.15, 0.2) is 54.6 Å². The lowest BCUT2D eigenvalue weighted by atomic mass is 10.0. The summed E-state index contributed by atoms with van der Waals surface area (Å²) in [7, 11) is 0. The molecule has 0 saturated heterocycles. The van der Waals surface area contributed by atoms with E-state index in [0.717, 1.165) is 21.7 Å². The standard InChI is InChI=1S/C15H9NO/c17-16-10-14-7-3-6-13-8-11-4-1-2-5-12(11)9-15(13)14/h1-9H. The van der Waals surface area contributed by atoms with Crippen LogP contribution in [0.5, 0.6) is 0 Å². The van der Waals surface area contributed by atoms with Crippen molar-refractivity contribution in [2.45, 2.75) is 0 Å². The smallest absolute Gasteiger partial charge is 0.337 e. The quantitative estimate of drug-likeness (QED) is 0.412. The number of nitrogens with zero attached hydrogens (tertiary/aromatic N) is 1. The lowest BCUT2D eigenvalue weighted by molar-refractivity contribution is 1.72. The lowest BCUT2D eigenvalue weighted by Gasteiger charge is -2.02. The normalized spacial score (nSPS) is 10.1. The van der Waals surface area contributed by atoms with Crippen LogP contribution in [-0.4, -0.2) is 0 Å². The summed E-state index contributed by atoms with van der Waals surface area (Å²) < 4.78 is 0. The number of benzene rings is 3. The van der Waals surface area contributed by atoms with Gasteiger partial charge in [-0.2, -0.15) is 0 Å². The van der Waals surface area contributed by atoms with Gasteiger partial charge in [0.15, 0.2) is 0 Å². The van der Waals surface area contributed by atoms with E-state index in [1.54, 1.807) is 0 Å². The molecule has 2 nitrogen and oxygen atoms in total. The highest BCUT2D eigenvalue weighted by atomic mass is 16.4. The second-order valence-electron chi connectivity index (χ2n) is 3.93. The van der Waals surface area contributed by atoms with E-state index < -0.39 is 0 Å². The van der Waals surface area contributed by atoms with Crippen LogP contribution in [0.3, 0.4) is 0 Å². The fraction of sp³-hybridized carbons (Fsp3) is 0. The maximum absolute atomic E-state index is 10.3. The molecule has 0 aliphatic carbocycles. The highest BCUT2D eigenvalue weighted by Gasteiger charge is 2.04. The van der Waals surface area contributed by atoms with Crippen LogP contribution >= 0.6 is 0 Å². The Morgan fingerprint density at radius 1 is 0.824 bits per heavy atom. The Morgan fingerprint density at radius 3 is 2.29 bits per heavy atom. The number of fused-ring (bicyclic) bond motifs is 2. The van der Waals surface area contributed by atoms with Crippen molar-refractivity contribution in [3.05, 3.63) is 70.4 Å². The average Bonchev–Trinajstić information content (AvgIpc) is 2.37. The fourth-order valence-corrected chi connectivity index (χ4v) is 2.11. The third-order valence-electron chi connectivity index (χ3n) is 2.91. The first-order chi connectivity index (χ1) is 8.38.